The Bertz CT molecular complexity index is 417. The number of carbonyl (C=O) groups excluding carboxylic acids is 1. The molecule has 1 amide bonds. The topological polar surface area (TPSA) is 64.8 Å². The summed E-state index contributed by atoms with van der Waals surface area (Å²) in [5.74, 6) is 0. The van der Waals surface area contributed by atoms with E-state index in [-0.39, 0.29) is 16.7 Å². The minimum atomic E-state index is -1.89. The summed E-state index contributed by atoms with van der Waals surface area (Å²) in [6, 6.07) is 0. The zero-order valence-corrected chi connectivity index (χ0v) is 17.3. The van der Waals surface area contributed by atoms with E-state index >= 15 is 0 Å². The van der Waals surface area contributed by atoms with Crippen LogP contribution in [0.5, 0.6) is 0 Å². The van der Waals surface area contributed by atoms with Crippen molar-refractivity contribution in [2.24, 2.45) is 5.73 Å². The molecular weight excluding hydrogens is 308 g/mol. The second kappa shape index (κ2) is 6.73. The summed E-state index contributed by atoms with van der Waals surface area (Å²) in [6.07, 6.45) is 1.31. The quantitative estimate of drug-likeness (QED) is 0.792. The lowest BCUT2D eigenvalue weighted by molar-refractivity contribution is -0.0197. The lowest BCUT2D eigenvalue weighted by Crippen LogP contribution is -2.58. The SMILES string of the molecule is CC(C)(C)OC(=O)N1CCC(CN)(O[Si](C)(C)C(C)(C)C)CC1. The summed E-state index contributed by atoms with van der Waals surface area (Å²) in [5, 5.41) is 0.150. The first kappa shape index (κ1) is 20.5. The molecule has 0 radical (unpaired) electrons. The second-order valence-electron chi connectivity index (χ2n) is 9.22. The maximum atomic E-state index is 12.2. The molecule has 2 N–H and O–H groups in total. The molecule has 1 saturated heterocycles. The Kier molecular flexibility index (Phi) is 5.98. The monoisotopic (exact) mass is 344 g/mol. The number of nitrogens with zero attached hydrogens (tertiary/aromatic N) is 1. The van der Waals surface area contributed by atoms with Crippen LogP contribution < -0.4 is 5.73 Å². The second-order valence-corrected chi connectivity index (χ2v) is 13.9. The van der Waals surface area contributed by atoms with Gasteiger partial charge in [-0.05, 0) is 51.7 Å². The van der Waals surface area contributed by atoms with E-state index in [4.69, 9.17) is 14.9 Å². The van der Waals surface area contributed by atoms with Gasteiger partial charge in [0.25, 0.3) is 0 Å². The number of rotatable bonds is 3. The Balaban J connectivity index is 2.72. The molecule has 0 aromatic rings. The van der Waals surface area contributed by atoms with Crippen LogP contribution in [0.3, 0.4) is 0 Å². The summed E-state index contributed by atoms with van der Waals surface area (Å²) >= 11 is 0. The van der Waals surface area contributed by atoms with Crippen molar-refractivity contribution < 1.29 is 14.0 Å². The summed E-state index contributed by atoms with van der Waals surface area (Å²) < 4.78 is 12.1. The highest BCUT2D eigenvalue weighted by Gasteiger charge is 2.46. The lowest BCUT2D eigenvalue weighted by Gasteiger charge is -2.48. The van der Waals surface area contributed by atoms with Crippen molar-refractivity contribution in [3.8, 4) is 0 Å². The Morgan fingerprint density at radius 3 is 1.96 bits per heavy atom. The number of ether oxygens (including phenoxy) is 1. The minimum Gasteiger partial charge on any atom is -0.444 e. The Hall–Kier alpha value is -0.593. The molecular formula is C17H36N2O3Si. The van der Waals surface area contributed by atoms with Crippen LogP contribution in [0.4, 0.5) is 4.79 Å². The predicted octanol–water partition coefficient (Wildman–Crippen LogP) is 3.74. The molecule has 0 aromatic heterocycles. The summed E-state index contributed by atoms with van der Waals surface area (Å²) in [5.41, 5.74) is 5.31. The fourth-order valence-electron chi connectivity index (χ4n) is 2.47. The van der Waals surface area contributed by atoms with Crippen molar-refractivity contribution in [1.29, 1.82) is 0 Å². The van der Waals surface area contributed by atoms with E-state index < -0.39 is 13.9 Å². The van der Waals surface area contributed by atoms with Crippen molar-refractivity contribution in [1.82, 2.24) is 4.90 Å². The zero-order chi connectivity index (χ0) is 18.1. The molecule has 1 fully saturated rings. The van der Waals surface area contributed by atoms with Crippen molar-refractivity contribution in [2.45, 2.75) is 83.7 Å². The third-order valence-corrected chi connectivity index (χ3v) is 9.53. The maximum Gasteiger partial charge on any atom is 0.410 e. The number of hydrogen-bond donors (Lipinski definition) is 1. The molecule has 1 aliphatic heterocycles. The van der Waals surface area contributed by atoms with Crippen LogP contribution >= 0.6 is 0 Å². The molecule has 0 aromatic carbocycles. The molecule has 0 saturated carbocycles. The summed E-state index contributed by atoms with van der Waals surface area (Å²) in [6.45, 7) is 18.7. The van der Waals surface area contributed by atoms with E-state index in [1.165, 1.54) is 0 Å². The van der Waals surface area contributed by atoms with E-state index in [9.17, 15) is 4.79 Å². The zero-order valence-electron chi connectivity index (χ0n) is 16.3. The molecule has 0 unspecified atom stereocenters. The predicted molar refractivity (Wildman–Crippen MR) is 97.1 cm³/mol. The molecule has 23 heavy (non-hydrogen) atoms. The highest BCUT2D eigenvalue weighted by molar-refractivity contribution is 6.74. The Labute approximate surface area is 143 Å². The fourth-order valence-corrected chi connectivity index (χ4v) is 4.14. The van der Waals surface area contributed by atoms with Crippen molar-refractivity contribution in [3.05, 3.63) is 0 Å². The average molecular weight is 345 g/mol. The summed E-state index contributed by atoms with van der Waals surface area (Å²) in [4.78, 5) is 14.0. The normalized spacial score (nSPS) is 19.6. The van der Waals surface area contributed by atoms with Gasteiger partial charge >= 0.3 is 6.09 Å². The number of piperidine rings is 1. The number of hydrogen-bond acceptors (Lipinski definition) is 4. The first-order chi connectivity index (χ1) is 10.2. The van der Waals surface area contributed by atoms with Crippen LogP contribution in [0.15, 0.2) is 0 Å². The molecule has 1 aliphatic rings. The van der Waals surface area contributed by atoms with Crippen LogP contribution in [0.25, 0.3) is 0 Å². The van der Waals surface area contributed by atoms with Gasteiger partial charge in [-0.3, -0.25) is 0 Å². The van der Waals surface area contributed by atoms with E-state index in [2.05, 4.69) is 33.9 Å². The molecule has 1 heterocycles. The van der Waals surface area contributed by atoms with Crippen molar-refractivity contribution >= 4 is 14.4 Å². The fraction of sp³-hybridized carbons (Fsp3) is 0.941. The standard InChI is InChI=1S/C17H36N2O3Si/c1-15(2,3)21-14(20)19-11-9-17(13-18,10-12-19)22-23(7,8)16(4,5)6/h9-13,18H2,1-8H3. The third kappa shape index (κ3) is 5.47. The van der Waals surface area contributed by atoms with Gasteiger partial charge in [-0.1, -0.05) is 20.8 Å². The summed E-state index contributed by atoms with van der Waals surface area (Å²) in [7, 11) is -1.89. The first-order valence-corrected chi connectivity index (χ1v) is 11.5. The largest absolute Gasteiger partial charge is 0.444 e. The van der Waals surface area contributed by atoms with Gasteiger partial charge in [0, 0.05) is 19.6 Å². The maximum absolute atomic E-state index is 12.2. The molecule has 136 valence electrons. The molecule has 0 aliphatic carbocycles. The van der Waals surface area contributed by atoms with Crippen LogP contribution in [-0.4, -0.2) is 50.1 Å². The Morgan fingerprint density at radius 2 is 1.61 bits per heavy atom. The van der Waals surface area contributed by atoms with Gasteiger partial charge in [-0.2, -0.15) is 0 Å². The van der Waals surface area contributed by atoms with Gasteiger partial charge in [-0.15, -0.1) is 0 Å². The van der Waals surface area contributed by atoms with Gasteiger partial charge in [0.1, 0.15) is 5.60 Å². The van der Waals surface area contributed by atoms with E-state index in [0.717, 1.165) is 12.8 Å². The number of likely N-dealkylation sites (tertiary alicyclic amines) is 1. The van der Waals surface area contributed by atoms with Gasteiger partial charge < -0.3 is 19.8 Å². The molecule has 6 heteroatoms. The van der Waals surface area contributed by atoms with Gasteiger partial charge in [0.15, 0.2) is 8.32 Å². The van der Waals surface area contributed by atoms with E-state index in [1.807, 2.05) is 20.8 Å². The van der Waals surface area contributed by atoms with E-state index in [1.54, 1.807) is 4.90 Å². The van der Waals surface area contributed by atoms with Crippen LogP contribution in [-0.2, 0) is 9.16 Å². The number of nitrogens with two attached hydrogens (primary N) is 1. The third-order valence-electron chi connectivity index (χ3n) is 4.98. The first-order valence-electron chi connectivity index (χ1n) is 8.60. The van der Waals surface area contributed by atoms with Gasteiger partial charge in [0.2, 0.25) is 0 Å². The molecule has 1 rings (SSSR count). The molecule has 0 atom stereocenters. The van der Waals surface area contributed by atoms with E-state index in [0.29, 0.717) is 19.6 Å². The molecule has 5 nitrogen and oxygen atoms in total. The van der Waals surface area contributed by atoms with Crippen LogP contribution in [0.1, 0.15) is 54.4 Å². The number of carbonyl (C=O) groups is 1. The van der Waals surface area contributed by atoms with Gasteiger partial charge in [0.05, 0.1) is 5.60 Å². The highest BCUT2D eigenvalue weighted by atomic mass is 28.4. The highest BCUT2D eigenvalue weighted by Crippen LogP contribution is 2.41. The van der Waals surface area contributed by atoms with Crippen LogP contribution in [0, 0.1) is 0 Å². The smallest absolute Gasteiger partial charge is 0.410 e. The van der Waals surface area contributed by atoms with Gasteiger partial charge in [-0.25, -0.2) is 4.79 Å². The van der Waals surface area contributed by atoms with Crippen molar-refractivity contribution in [2.75, 3.05) is 19.6 Å². The minimum absolute atomic E-state index is 0.150. The Morgan fingerprint density at radius 1 is 1.13 bits per heavy atom. The van der Waals surface area contributed by atoms with Crippen molar-refractivity contribution in [3.63, 3.8) is 0 Å². The number of amides is 1. The lowest BCUT2D eigenvalue weighted by atomic mass is 9.92. The molecule has 0 spiro atoms. The van der Waals surface area contributed by atoms with Crippen LogP contribution in [0.2, 0.25) is 18.1 Å². The average Bonchev–Trinajstić information content (AvgIpc) is 2.35. The molecule has 0 bridgehead atoms.